The van der Waals surface area contributed by atoms with Gasteiger partial charge in [-0.15, -0.1) is 0 Å². The third-order valence-electron chi connectivity index (χ3n) is 5.85. The number of rotatable bonds is 11. The molecule has 1 saturated carbocycles. The largest absolute Gasteiger partial charge is 0.385 e. The van der Waals surface area contributed by atoms with Crippen molar-refractivity contribution in [1.29, 1.82) is 0 Å². The normalized spacial score (nSPS) is 13.7. The third kappa shape index (κ3) is 8.56. The highest BCUT2D eigenvalue weighted by atomic mass is 35.5. The number of hydrogen-bond donors (Lipinski definition) is 4. The van der Waals surface area contributed by atoms with Crippen LogP contribution >= 0.6 is 11.6 Å². The molecule has 0 aliphatic heterocycles. The van der Waals surface area contributed by atoms with Crippen LogP contribution in [0.15, 0.2) is 42.5 Å². The lowest BCUT2D eigenvalue weighted by Gasteiger charge is -2.23. The summed E-state index contributed by atoms with van der Waals surface area (Å²) in [6, 6.07) is 11.9. The molecule has 2 aromatic carbocycles. The molecule has 3 amide bonds. The first-order chi connectivity index (χ1) is 17.0. The minimum Gasteiger partial charge on any atom is -0.385 e. The fourth-order valence-corrected chi connectivity index (χ4v) is 4.14. The molecule has 0 atom stereocenters. The molecule has 1 fully saturated rings. The second kappa shape index (κ2) is 13.7. The van der Waals surface area contributed by atoms with Gasteiger partial charge in [-0.1, -0.05) is 30.9 Å². The molecular formula is C26H33ClN4O4. The number of carbonyl (C=O) groups is 3. The molecule has 0 heterocycles. The molecule has 9 heteroatoms. The zero-order valence-corrected chi connectivity index (χ0v) is 20.7. The number of carbonyl (C=O) groups excluding carboxylic acids is 3. The average Bonchev–Trinajstić information content (AvgIpc) is 2.87. The first-order valence-electron chi connectivity index (χ1n) is 12.0. The van der Waals surface area contributed by atoms with Crippen molar-refractivity contribution in [2.75, 3.05) is 37.4 Å². The Morgan fingerprint density at radius 1 is 0.971 bits per heavy atom. The summed E-state index contributed by atoms with van der Waals surface area (Å²) in [5.41, 5.74) is 2.09. The van der Waals surface area contributed by atoms with Gasteiger partial charge in [-0.2, -0.15) is 0 Å². The Kier molecular flexibility index (Phi) is 10.4. The summed E-state index contributed by atoms with van der Waals surface area (Å²) in [6.07, 6.45) is 6.14. The van der Waals surface area contributed by atoms with Gasteiger partial charge in [0.15, 0.2) is 0 Å². The van der Waals surface area contributed by atoms with Gasteiger partial charge in [-0.3, -0.25) is 14.4 Å². The summed E-state index contributed by atoms with van der Waals surface area (Å²) >= 11 is 6.24. The molecule has 35 heavy (non-hydrogen) atoms. The minimum absolute atomic E-state index is 0.0226. The number of methoxy groups -OCH3 is 1. The molecule has 0 spiro atoms. The molecule has 1 aliphatic rings. The van der Waals surface area contributed by atoms with E-state index in [1.807, 2.05) is 0 Å². The number of nitrogens with one attached hydrogen (secondary N) is 4. The van der Waals surface area contributed by atoms with Gasteiger partial charge in [0, 0.05) is 43.2 Å². The van der Waals surface area contributed by atoms with Gasteiger partial charge in [0.25, 0.3) is 11.8 Å². The highest BCUT2D eigenvalue weighted by Crippen LogP contribution is 2.23. The maximum atomic E-state index is 12.7. The first kappa shape index (κ1) is 26.5. The quantitative estimate of drug-likeness (QED) is 0.345. The summed E-state index contributed by atoms with van der Waals surface area (Å²) in [7, 11) is 1.62. The molecule has 0 unspecified atom stereocenters. The molecule has 0 radical (unpaired) electrons. The van der Waals surface area contributed by atoms with E-state index in [0.717, 1.165) is 32.1 Å². The van der Waals surface area contributed by atoms with Gasteiger partial charge >= 0.3 is 0 Å². The summed E-state index contributed by atoms with van der Waals surface area (Å²) in [5.74, 6) is -0.652. The molecule has 188 valence electrons. The fraction of sp³-hybridized carbons (Fsp3) is 0.423. The van der Waals surface area contributed by atoms with E-state index in [4.69, 9.17) is 16.3 Å². The molecule has 1 aliphatic carbocycles. The van der Waals surface area contributed by atoms with Crippen molar-refractivity contribution >= 4 is 40.7 Å². The Bertz CT molecular complexity index is 1010. The van der Waals surface area contributed by atoms with Crippen molar-refractivity contribution in [3.63, 3.8) is 0 Å². The second-order valence-corrected chi connectivity index (χ2v) is 8.99. The Labute approximate surface area is 211 Å². The molecule has 8 nitrogen and oxygen atoms in total. The van der Waals surface area contributed by atoms with Gasteiger partial charge in [0.1, 0.15) is 0 Å². The van der Waals surface area contributed by atoms with Crippen LogP contribution in [0.1, 0.15) is 59.2 Å². The predicted molar refractivity (Wildman–Crippen MR) is 138 cm³/mol. The van der Waals surface area contributed by atoms with Crippen molar-refractivity contribution in [1.82, 2.24) is 10.6 Å². The van der Waals surface area contributed by atoms with Crippen LogP contribution in [0.2, 0.25) is 5.02 Å². The zero-order valence-electron chi connectivity index (χ0n) is 20.0. The van der Waals surface area contributed by atoms with E-state index in [1.165, 1.54) is 6.42 Å². The molecule has 4 N–H and O–H groups in total. The average molecular weight is 501 g/mol. The van der Waals surface area contributed by atoms with Crippen molar-refractivity contribution < 1.29 is 19.1 Å². The lowest BCUT2D eigenvalue weighted by Crippen LogP contribution is -2.36. The molecule has 0 aromatic heterocycles. The molecule has 0 saturated heterocycles. The SMILES string of the molecule is COCCCNC(=O)c1ccc(NCC(=O)Nc2ccc(Cl)c(C(=O)NC3CCCCC3)c2)cc1. The lowest BCUT2D eigenvalue weighted by atomic mass is 9.95. The van der Waals surface area contributed by atoms with E-state index in [-0.39, 0.29) is 30.3 Å². The van der Waals surface area contributed by atoms with Crippen LogP contribution in [0.4, 0.5) is 11.4 Å². The number of benzene rings is 2. The maximum Gasteiger partial charge on any atom is 0.253 e. The number of ether oxygens (including phenoxy) is 1. The van der Waals surface area contributed by atoms with Crippen molar-refractivity contribution in [3.8, 4) is 0 Å². The number of hydrogen-bond acceptors (Lipinski definition) is 5. The predicted octanol–water partition coefficient (Wildman–Crippen LogP) is 4.22. The Hall–Kier alpha value is -3.10. The fourth-order valence-electron chi connectivity index (χ4n) is 3.93. The maximum absolute atomic E-state index is 12.7. The van der Waals surface area contributed by atoms with Gasteiger partial charge in [-0.05, 0) is 61.7 Å². The third-order valence-corrected chi connectivity index (χ3v) is 6.18. The second-order valence-electron chi connectivity index (χ2n) is 8.58. The number of amides is 3. The number of anilines is 2. The Morgan fingerprint density at radius 2 is 1.69 bits per heavy atom. The van der Waals surface area contributed by atoms with E-state index in [0.29, 0.717) is 40.7 Å². The van der Waals surface area contributed by atoms with Crippen molar-refractivity contribution in [2.45, 2.75) is 44.6 Å². The topological polar surface area (TPSA) is 109 Å². The highest BCUT2D eigenvalue weighted by molar-refractivity contribution is 6.34. The molecule has 3 rings (SSSR count). The van der Waals surface area contributed by atoms with E-state index in [9.17, 15) is 14.4 Å². The van der Waals surface area contributed by atoms with Crippen LogP contribution in [0, 0.1) is 0 Å². The molecule has 2 aromatic rings. The van der Waals surface area contributed by atoms with Gasteiger partial charge in [0.05, 0.1) is 17.1 Å². The van der Waals surface area contributed by atoms with E-state index >= 15 is 0 Å². The molecule has 0 bridgehead atoms. The summed E-state index contributed by atoms with van der Waals surface area (Å²) in [4.78, 5) is 37.2. The lowest BCUT2D eigenvalue weighted by molar-refractivity contribution is -0.114. The minimum atomic E-state index is -0.272. The van der Waals surface area contributed by atoms with Crippen molar-refractivity contribution in [3.05, 3.63) is 58.6 Å². The summed E-state index contributed by atoms with van der Waals surface area (Å²) in [5, 5.41) is 12.0. The van der Waals surface area contributed by atoms with Crippen molar-refractivity contribution in [2.24, 2.45) is 0 Å². The Morgan fingerprint density at radius 3 is 2.40 bits per heavy atom. The van der Waals surface area contributed by atoms with E-state index < -0.39 is 0 Å². The van der Waals surface area contributed by atoms with Crippen LogP contribution in [0.3, 0.4) is 0 Å². The first-order valence-corrected chi connectivity index (χ1v) is 12.4. The van der Waals surface area contributed by atoms with Crippen LogP contribution in [0.25, 0.3) is 0 Å². The van der Waals surface area contributed by atoms with Gasteiger partial charge in [-0.25, -0.2) is 0 Å². The van der Waals surface area contributed by atoms with Crippen LogP contribution in [-0.2, 0) is 9.53 Å². The van der Waals surface area contributed by atoms with Crippen LogP contribution in [-0.4, -0.2) is 50.6 Å². The van der Waals surface area contributed by atoms with Crippen LogP contribution in [0.5, 0.6) is 0 Å². The van der Waals surface area contributed by atoms with E-state index in [1.54, 1.807) is 49.6 Å². The number of halogens is 1. The molecular weight excluding hydrogens is 468 g/mol. The van der Waals surface area contributed by atoms with Gasteiger partial charge in [0.2, 0.25) is 5.91 Å². The monoisotopic (exact) mass is 500 g/mol. The Balaban J connectivity index is 1.48. The highest BCUT2D eigenvalue weighted by Gasteiger charge is 2.19. The zero-order chi connectivity index (χ0) is 25.0. The van der Waals surface area contributed by atoms with Gasteiger partial charge < -0.3 is 26.0 Å². The smallest absolute Gasteiger partial charge is 0.253 e. The standard InChI is InChI=1S/C26H33ClN4O4/c1-35-15-5-14-28-25(33)18-8-10-19(11-9-18)29-17-24(32)30-21-12-13-23(27)22(16-21)26(34)31-20-6-3-2-4-7-20/h8-13,16,20,29H,2-7,14-15,17H2,1H3,(H,28,33)(H,30,32)(H,31,34). The van der Waals surface area contributed by atoms with E-state index in [2.05, 4.69) is 21.3 Å². The summed E-state index contributed by atoms with van der Waals surface area (Å²) in [6.45, 7) is 1.16. The van der Waals surface area contributed by atoms with Crippen LogP contribution < -0.4 is 21.3 Å². The summed E-state index contributed by atoms with van der Waals surface area (Å²) < 4.78 is 4.96.